The Labute approximate surface area is 172 Å². The molecule has 152 valence electrons. The van der Waals surface area contributed by atoms with Gasteiger partial charge in [-0.3, -0.25) is 0 Å². The van der Waals surface area contributed by atoms with Crippen LogP contribution < -0.4 is 5.32 Å². The van der Waals surface area contributed by atoms with Crippen LogP contribution in [0.5, 0.6) is 0 Å². The van der Waals surface area contributed by atoms with Crippen LogP contribution >= 0.6 is 0 Å². The minimum atomic E-state index is 0.177. The van der Waals surface area contributed by atoms with Gasteiger partial charge >= 0.3 is 0 Å². The fourth-order valence-electron chi connectivity index (χ4n) is 3.18. The highest BCUT2D eigenvalue weighted by molar-refractivity contribution is 5.40. The fraction of sp³-hybridized carbons (Fsp3) is 0.391. The first kappa shape index (κ1) is 20.8. The number of rotatable bonds is 9. The largest absolute Gasteiger partial charge is 0.395 e. The van der Waals surface area contributed by atoms with Crippen molar-refractivity contribution in [2.24, 2.45) is 5.92 Å². The molecule has 0 aliphatic heterocycles. The highest BCUT2D eigenvalue weighted by Crippen LogP contribution is 2.11. The third kappa shape index (κ3) is 6.31. The first-order chi connectivity index (χ1) is 14.2. The van der Waals surface area contributed by atoms with Crippen LogP contribution in [0.4, 0.5) is 0 Å². The van der Waals surface area contributed by atoms with Gasteiger partial charge in [0.05, 0.1) is 13.2 Å². The summed E-state index contributed by atoms with van der Waals surface area (Å²) in [5.41, 5.74) is 3.06. The van der Waals surface area contributed by atoms with Gasteiger partial charge in [0.1, 0.15) is 11.5 Å². The maximum atomic E-state index is 8.82. The molecule has 0 saturated heterocycles. The van der Waals surface area contributed by atoms with Crippen molar-refractivity contribution in [1.82, 2.24) is 20.0 Å². The highest BCUT2D eigenvalue weighted by atomic mass is 16.5. The number of hydrogen-bond donors (Lipinski definition) is 2. The average molecular weight is 393 g/mol. The van der Waals surface area contributed by atoms with Crippen molar-refractivity contribution in [3.63, 3.8) is 0 Å². The van der Waals surface area contributed by atoms with E-state index in [0.29, 0.717) is 24.8 Å². The van der Waals surface area contributed by atoms with Crippen LogP contribution in [-0.2, 0) is 19.4 Å². The maximum Gasteiger partial charge on any atom is 0.210 e. The molecule has 0 radical (unpaired) electrons. The van der Waals surface area contributed by atoms with Crippen molar-refractivity contribution in [2.75, 3.05) is 19.7 Å². The minimum Gasteiger partial charge on any atom is -0.395 e. The van der Waals surface area contributed by atoms with Crippen molar-refractivity contribution in [2.45, 2.75) is 33.2 Å². The Hall–Kier alpha value is -2.88. The number of aliphatic hydroxyl groups excluding tert-OH is 1. The lowest BCUT2D eigenvalue weighted by molar-refractivity contribution is 0.288. The quantitative estimate of drug-likeness (QED) is 0.432. The molecule has 1 atom stereocenters. The molecule has 6 nitrogen and oxygen atoms in total. The first-order valence-corrected chi connectivity index (χ1v) is 10.1. The summed E-state index contributed by atoms with van der Waals surface area (Å²) in [6.45, 7) is 6.63. The molecule has 0 bridgehead atoms. The number of aryl methyl sites for hydroxylation is 1. The third-order valence-electron chi connectivity index (χ3n) is 4.66. The molecule has 0 fully saturated rings. The number of nitrogens with zero attached hydrogens (tertiary/aromatic N) is 3. The molecule has 1 aromatic carbocycles. The van der Waals surface area contributed by atoms with Crippen LogP contribution in [-0.4, -0.2) is 39.5 Å². The van der Waals surface area contributed by atoms with Gasteiger partial charge in [0, 0.05) is 37.0 Å². The van der Waals surface area contributed by atoms with E-state index in [1.54, 1.807) is 6.20 Å². The summed E-state index contributed by atoms with van der Waals surface area (Å²) in [6.07, 6.45) is 5.62. The molecule has 0 amide bonds. The van der Waals surface area contributed by atoms with Gasteiger partial charge in [-0.15, -0.1) is 0 Å². The molecule has 2 heterocycles. The fourth-order valence-corrected chi connectivity index (χ4v) is 3.18. The van der Waals surface area contributed by atoms with E-state index in [1.165, 1.54) is 5.56 Å². The standard InChI is InChI=1S/C23H28N4O2/c1-3-23-25-10-12-27(23)17-21-15-22(29-26-21)9-8-19-4-6-20(7-5-19)14-18(2)16-24-11-13-28/h4-7,10,12,15,18,24,28H,3,11,13-14,16-17H2,1-2H3. The molecule has 29 heavy (non-hydrogen) atoms. The Morgan fingerprint density at radius 3 is 2.83 bits per heavy atom. The predicted molar refractivity (Wildman–Crippen MR) is 112 cm³/mol. The van der Waals surface area contributed by atoms with E-state index in [1.807, 2.05) is 24.4 Å². The molecular weight excluding hydrogens is 364 g/mol. The van der Waals surface area contributed by atoms with Crippen LogP contribution in [0.2, 0.25) is 0 Å². The number of aromatic nitrogens is 3. The summed E-state index contributed by atoms with van der Waals surface area (Å²) in [6, 6.07) is 10.2. The molecule has 6 heteroatoms. The second kappa shape index (κ2) is 10.6. The zero-order valence-corrected chi connectivity index (χ0v) is 17.1. The summed E-state index contributed by atoms with van der Waals surface area (Å²) < 4.78 is 7.41. The normalized spacial score (nSPS) is 11.8. The van der Waals surface area contributed by atoms with Gasteiger partial charge in [0.15, 0.2) is 0 Å². The monoisotopic (exact) mass is 392 g/mol. The summed E-state index contributed by atoms with van der Waals surface area (Å²) in [4.78, 5) is 4.32. The second-order valence-electron chi connectivity index (χ2n) is 7.19. The third-order valence-corrected chi connectivity index (χ3v) is 4.66. The molecule has 1 unspecified atom stereocenters. The van der Waals surface area contributed by atoms with Crippen LogP contribution in [0.1, 0.15) is 42.3 Å². The first-order valence-electron chi connectivity index (χ1n) is 10.1. The Balaban J connectivity index is 1.55. The predicted octanol–water partition coefficient (Wildman–Crippen LogP) is 2.64. The highest BCUT2D eigenvalue weighted by Gasteiger charge is 2.06. The van der Waals surface area contributed by atoms with E-state index < -0.39 is 0 Å². The maximum absolute atomic E-state index is 8.82. The van der Waals surface area contributed by atoms with Crippen LogP contribution in [0.25, 0.3) is 0 Å². The Morgan fingerprint density at radius 1 is 1.24 bits per heavy atom. The molecule has 2 N–H and O–H groups in total. The van der Waals surface area contributed by atoms with Gasteiger partial charge < -0.3 is 19.5 Å². The molecule has 0 aliphatic carbocycles. The lowest BCUT2D eigenvalue weighted by atomic mass is 10.00. The topological polar surface area (TPSA) is 76.1 Å². The zero-order chi connectivity index (χ0) is 20.5. The van der Waals surface area contributed by atoms with E-state index in [-0.39, 0.29) is 6.61 Å². The van der Waals surface area contributed by atoms with Crippen molar-refractivity contribution in [3.05, 3.63) is 71.1 Å². The average Bonchev–Trinajstić information content (AvgIpc) is 3.37. The number of benzene rings is 1. The summed E-state index contributed by atoms with van der Waals surface area (Å²) in [7, 11) is 0. The summed E-state index contributed by atoms with van der Waals surface area (Å²) >= 11 is 0. The number of nitrogens with one attached hydrogen (secondary N) is 1. The molecule has 2 aromatic heterocycles. The SMILES string of the molecule is CCc1nccn1Cc1cc(C#Cc2ccc(CC(C)CNCCO)cc2)on1. The molecule has 0 spiro atoms. The van der Waals surface area contributed by atoms with E-state index in [4.69, 9.17) is 9.63 Å². The minimum absolute atomic E-state index is 0.177. The Morgan fingerprint density at radius 2 is 2.07 bits per heavy atom. The number of imidazole rings is 1. The summed E-state index contributed by atoms with van der Waals surface area (Å²) in [5, 5.41) is 16.2. The van der Waals surface area contributed by atoms with E-state index in [0.717, 1.165) is 36.5 Å². The van der Waals surface area contributed by atoms with E-state index >= 15 is 0 Å². The Bertz CT molecular complexity index is 947. The van der Waals surface area contributed by atoms with Gasteiger partial charge in [-0.25, -0.2) is 4.98 Å². The van der Waals surface area contributed by atoms with Crippen LogP contribution in [0, 0.1) is 17.8 Å². The lowest BCUT2D eigenvalue weighted by Gasteiger charge is -2.12. The van der Waals surface area contributed by atoms with Crippen LogP contribution in [0.3, 0.4) is 0 Å². The molecule has 3 rings (SSSR count). The zero-order valence-electron chi connectivity index (χ0n) is 17.1. The van der Waals surface area contributed by atoms with E-state index in [9.17, 15) is 0 Å². The van der Waals surface area contributed by atoms with Crippen molar-refractivity contribution < 1.29 is 9.63 Å². The van der Waals surface area contributed by atoms with Crippen LogP contribution in [0.15, 0.2) is 47.2 Å². The molecular formula is C23H28N4O2. The lowest BCUT2D eigenvalue weighted by Crippen LogP contribution is -2.25. The van der Waals surface area contributed by atoms with Crippen molar-refractivity contribution in [3.8, 4) is 11.8 Å². The van der Waals surface area contributed by atoms with Crippen molar-refractivity contribution >= 4 is 0 Å². The summed E-state index contributed by atoms with van der Waals surface area (Å²) in [5.74, 6) is 8.28. The van der Waals surface area contributed by atoms with Crippen molar-refractivity contribution in [1.29, 1.82) is 0 Å². The van der Waals surface area contributed by atoms with Gasteiger partial charge in [-0.05, 0) is 42.5 Å². The van der Waals surface area contributed by atoms with Gasteiger partial charge in [-0.1, -0.05) is 37.1 Å². The van der Waals surface area contributed by atoms with Gasteiger partial charge in [0.25, 0.3) is 0 Å². The molecule has 0 aliphatic rings. The number of hydrogen-bond acceptors (Lipinski definition) is 5. The Kier molecular flexibility index (Phi) is 7.62. The second-order valence-corrected chi connectivity index (χ2v) is 7.19. The molecule has 0 saturated carbocycles. The smallest absolute Gasteiger partial charge is 0.210 e. The van der Waals surface area contributed by atoms with Gasteiger partial charge in [-0.2, -0.15) is 0 Å². The molecule has 3 aromatic rings. The number of aliphatic hydroxyl groups is 1. The van der Waals surface area contributed by atoms with E-state index in [2.05, 4.69) is 57.8 Å². The van der Waals surface area contributed by atoms with Gasteiger partial charge in [0.2, 0.25) is 5.76 Å².